The van der Waals surface area contributed by atoms with Crippen molar-refractivity contribution in [3.05, 3.63) is 88.7 Å². The molecule has 3 aromatic rings. The molecule has 0 spiro atoms. The molecular weight excluding hydrogens is 403 g/mol. The topological polar surface area (TPSA) is 75.3 Å². The molecule has 0 fully saturated rings. The third kappa shape index (κ3) is 4.49. The minimum atomic E-state index is -3.98. The second-order valence-corrected chi connectivity index (χ2v) is 8.14. The van der Waals surface area contributed by atoms with Gasteiger partial charge in [0.05, 0.1) is 21.2 Å². The number of hydrogen-bond donors (Lipinski definition) is 2. The Balaban J connectivity index is 1.82. The van der Waals surface area contributed by atoms with Crippen LogP contribution in [0.25, 0.3) is 0 Å². The summed E-state index contributed by atoms with van der Waals surface area (Å²) < 4.78 is 41.8. The van der Waals surface area contributed by atoms with Crippen LogP contribution in [0.15, 0.2) is 71.6 Å². The largest absolute Gasteiger partial charge is 0.319 e. The van der Waals surface area contributed by atoms with Gasteiger partial charge in [0.25, 0.3) is 15.9 Å². The lowest BCUT2D eigenvalue weighted by Gasteiger charge is -2.11. The van der Waals surface area contributed by atoms with Crippen molar-refractivity contribution in [2.75, 3.05) is 10.0 Å². The fourth-order valence-corrected chi connectivity index (χ4v) is 3.80. The average molecular weight is 419 g/mol. The molecule has 0 heterocycles. The highest BCUT2D eigenvalue weighted by atomic mass is 35.5. The molecule has 3 rings (SSSR count). The van der Waals surface area contributed by atoms with E-state index in [1.807, 2.05) is 13.0 Å². The molecule has 0 radical (unpaired) electrons. The number of sulfonamides is 1. The summed E-state index contributed by atoms with van der Waals surface area (Å²) in [4.78, 5) is 12.0. The number of amides is 1. The molecule has 0 saturated heterocycles. The third-order valence-electron chi connectivity index (χ3n) is 3.89. The van der Waals surface area contributed by atoms with Gasteiger partial charge in [0.1, 0.15) is 5.82 Å². The van der Waals surface area contributed by atoms with Crippen molar-refractivity contribution in [2.45, 2.75) is 11.8 Å². The zero-order valence-corrected chi connectivity index (χ0v) is 16.3. The minimum Gasteiger partial charge on any atom is -0.319 e. The van der Waals surface area contributed by atoms with Crippen molar-refractivity contribution in [1.82, 2.24) is 0 Å². The average Bonchev–Trinajstić information content (AvgIpc) is 2.63. The van der Waals surface area contributed by atoms with E-state index in [0.717, 1.165) is 11.6 Å². The van der Waals surface area contributed by atoms with Gasteiger partial charge in [-0.1, -0.05) is 35.9 Å². The Morgan fingerprint density at radius 3 is 2.43 bits per heavy atom. The molecule has 0 bridgehead atoms. The minimum absolute atomic E-state index is 0.153. The molecule has 0 saturated carbocycles. The van der Waals surface area contributed by atoms with Crippen LogP contribution in [0, 0.1) is 12.7 Å². The van der Waals surface area contributed by atoms with Gasteiger partial charge in [-0.2, -0.15) is 0 Å². The smallest absolute Gasteiger partial charge is 0.261 e. The summed E-state index contributed by atoms with van der Waals surface area (Å²) in [5, 5.41) is 2.61. The molecule has 0 aliphatic rings. The van der Waals surface area contributed by atoms with E-state index < -0.39 is 21.7 Å². The van der Waals surface area contributed by atoms with Gasteiger partial charge in [-0.3, -0.25) is 9.52 Å². The van der Waals surface area contributed by atoms with Gasteiger partial charge in [0, 0.05) is 5.69 Å². The number of rotatable bonds is 5. The molecule has 0 aromatic heterocycles. The second-order valence-electron chi connectivity index (χ2n) is 6.05. The Bertz CT molecular complexity index is 1150. The summed E-state index contributed by atoms with van der Waals surface area (Å²) in [6, 6.07) is 16.4. The zero-order chi connectivity index (χ0) is 20.3. The molecule has 5 nitrogen and oxygen atoms in total. The van der Waals surface area contributed by atoms with Crippen LogP contribution in [0.1, 0.15) is 15.9 Å². The Hall–Kier alpha value is -2.90. The van der Waals surface area contributed by atoms with E-state index in [4.69, 9.17) is 11.6 Å². The molecule has 0 unspecified atom stereocenters. The number of carbonyl (C=O) groups is 1. The normalized spacial score (nSPS) is 11.1. The number of benzene rings is 3. The summed E-state index contributed by atoms with van der Waals surface area (Å²) in [5.74, 6) is -1.48. The number of carbonyl (C=O) groups excluding carboxylic acids is 1. The van der Waals surface area contributed by atoms with E-state index in [0.29, 0.717) is 5.69 Å². The monoisotopic (exact) mass is 418 g/mol. The van der Waals surface area contributed by atoms with E-state index >= 15 is 0 Å². The first-order valence-corrected chi connectivity index (χ1v) is 10.1. The molecule has 8 heteroatoms. The van der Waals surface area contributed by atoms with E-state index in [1.54, 1.807) is 36.4 Å². The summed E-state index contributed by atoms with van der Waals surface area (Å²) in [6.07, 6.45) is 0. The Labute approximate surface area is 167 Å². The fraction of sp³-hybridized carbons (Fsp3) is 0.0500. The molecule has 0 aliphatic heterocycles. The van der Waals surface area contributed by atoms with Crippen LogP contribution in [0.3, 0.4) is 0 Å². The van der Waals surface area contributed by atoms with Crippen LogP contribution in [0.4, 0.5) is 15.8 Å². The predicted octanol–water partition coefficient (Wildman–Crippen LogP) is 4.84. The maximum absolute atomic E-state index is 14.4. The highest BCUT2D eigenvalue weighted by Gasteiger charge is 2.18. The molecule has 2 N–H and O–H groups in total. The second kappa shape index (κ2) is 8.00. The van der Waals surface area contributed by atoms with Gasteiger partial charge < -0.3 is 5.32 Å². The van der Waals surface area contributed by atoms with E-state index in [1.165, 1.54) is 18.2 Å². The van der Waals surface area contributed by atoms with Gasteiger partial charge >= 0.3 is 0 Å². The lowest BCUT2D eigenvalue weighted by Crippen LogP contribution is -2.15. The van der Waals surface area contributed by atoms with Crippen molar-refractivity contribution in [3.8, 4) is 0 Å². The van der Waals surface area contributed by atoms with Gasteiger partial charge in [-0.25, -0.2) is 12.8 Å². The third-order valence-corrected chi connectivity index (χ3v) is 5.60. The summed E-state index contributed by atoms with van der Waals surface area (Å²) >= 11 is 5.96. The van der Waals surface area contributed by atoms with Gasteiger partial charge in [-0.15, -0.1) is 0 Å². The molecular formula is C20H16ClFN2O3S. The van der Waals surface area contributed by atoms with Crippen LogP contribution in [-0.2, 0) is 10.0 Å². The molecule has 3 aromatic carbocycles. The molecule has 28 heavy (non-hydrogen) atoms. The van der Waals surface area contributed by atoms with Crippen LogP contribution in [0.2, 0.25) is 5.02 Å². The van der Waals surface area contributed by atoms with Crippen LogP contribution in [-0.4, -0.2) is 14.3 Å². The quantitative estimate of drug-likeness (QED) is 0.622. The first-order valence-electron chi connectivity index (χ1n) is 8.21. The van der Waals surface area contributed by atoms with E-state index in [2.05, 4.69) is 10.0 Å². The van der Waals surface area contributed by atoms with Crippen molar-refractivity contribution in [3.63, 3.8) is 0 Å². The SMILES string of the molecule is Cc1cccc(NS(=O)(=O)c2ccc(NC(=O)c3ccccc3Cl)c(F)c2)c1. The maximum atomic E-state index is 14.4. The molecule has 1 amide bonds. The highest BCUT2D eigenvalue weighted by Crippen LogP contribution is 2.23. The van der Waals surface area contributed by atoms with Crippen LogP contribution >= 0.6 is 11.6 Å². The van der Waals surface area contributed by atoms with E-state index in [9.17, 15) is 17.6 Å². The predicted molar refractivity (Wildman–Crippen MR) is 108 cm³/mol. The Morgan fingerprint density at radius 1 is 1.00 bits per heavy atom. The van der Waals surface area contributed by atoms with Crippen LogP contribution in [0.5, 0.6) is 0 Å². The number of halogens is 2. The van der Waals surface area contributed by atoms with Crippen molar-refractivity contribution >= 4 is 38.9 Å². The Kier molecular flexibility index (Phi) is 5.67. The van der Waals surface area contributed by atoms with Gasteiger partial charge in [-0.05, 0) is 55.0 Å². The maximum Gasteiger partial charge on any atom is 0.261 e. The van der Waals surface area contributed by atoms with E-state index in [-0.39, 0.29) is 21.2 Å². The number of hydrogen-bond acceptors (Lipinski definition) is 3. The standard InChI is InChI=1S/C20H16ClFN2O3S/c1-13-5-4-6-14(11-13)24-28(26,27)15-9-10-19(18(22)12-15)23-20(25)16-7-2-3-8-17(16)21/h2-12,24H,1H3,(H,23,25). The first-order chi connectivity index (χ1) is 13.3. The summed E-state index contributed by atoms with van der Waals surface area (Å²) in [7, 11) is -3.98. The van der Waals surface area contributed by atoms with Crippen molar-refractivity contribution in [2.24, 2.45) is 0 Å². The first kappa shape index (κ1) is 19.9. The number of nitrogens with one attached hydrogen (secondary N) is 2. The van der Waals surface area contributed by atoms with Gasteiger partial charge in [0.2, 0.25) is 0 Å². The molecule has 0 atom stereocenters. The number of anilines is 2. The zero-order valence-electron chi connectivity index (χ0n) is 14.7. The molecule has 144 valence electrons. The lowest BCUT2D eigenvalue weighted by atomic mass is 10.2. The fourth-order valence-electron chi connectivity index (χ4n) is 2.52. The van der Waals surface area contributed by atoms with Crippen LogP contribution < -0.4 is 10.0 Å². The van der Waals surface area contributed by atoms with Crippen molar-refractivity contribution < 1.29 is 17.6 Å². The van der Waals surface area contributed by atoms with Crippen molar-refractivity contribution in [1.29, 1.82) is 0 Å². The highest BCUT2D eigenvalue weighted by molar-refractivity contribution is 7.92. The number of aryl methyl sites for hydroxylation is 1. The Morgan fingerprint density at radius 2 is 1.75 bits per heavy atom. The summed E-state index contributed by atoms with van der Waals surface area (Å²) in [6.45, 7) is 1.83. The van der Waals surface area contributed by atoms with Gasteiger partial charge in [0.15, 0.2) is 0 Å². The lowest BCUT2D eigenvalue weighted by molar-refractivity contribution is 0.102. The summed E-state index contributed by atoms with van der Waals surface area (Å²) in [5.41, 5.74) is 1.28. The molecule has 0 aliphatic carbocycles.